The summed E-state index contributed by atoms with van der Waals surface area (Å²) in [6.07, 6.45) is 1.41. The highest BCUT2D eigenvalue weighted by molar-refractivity contribution is 6.38. The van der Waals surface area contributed by atoms with E-state index in [1.165, 1.54) is 10.9 Å². The summed E-state index contributed by atoms with van der Waals surface area (Å²) in [4.78, 5) is 11.2. The molecule has 1 aromatic carbocycles. The van der Waals surface area contributed by atoms with Crippen LogP contribution in [0.15, 0.2) is 36.5 Å². The molecule has 0 spiro atoms. The molecular weight excluding hydrogens is 313 g/mol. The Labute approximate surface area is 131 Å². The third kappa shape index (κ3) is 3.23. The molecule has 108 valence electrons. The van der Waals surface area contributed by atoms with Crippen molar-refractivity contribution in [3.8, 4) is 0 Å². The van der Waals surface area contributed by atoms with Gasteiger partial charge in [0.05, 0.1) is 30.6 Å². The number of benzene rings is 1. The normalized spacial score (nSPS) is 10.2. The summed E-state index contributed by atoms with van der Waals surface area (Å²) in [5, 5.41) is 17.4. The molecule has 1 aromatic heterocycles. The van der Waals surface area contributed by atoms with Crippen molar-refractivity contribution in [1.29, 1.82) is 0 Å². The molecule has 0 aliphatic rings. The number of hydrogen-bond acceptors (Lipinski definition) is 4. The van der Waals surface area contributed by atoms with E-state index in [0.29, 0.717) is 26.9 Å². The molecule has 0 saturated carbocycles. The van der Waals surface area contributed by atoms with Crippen molar-refractivity contribution in [3.05, 3.63) is 57.9 Å². The van der Waals surface area contributed by atoms with Gasteiger partial charge in [-0.1, -0.05) is 41.1 Å². The molecule has 0 atom stereocenters. The van der Waals surface area contributed by atoms with Gasteiger partial charge < -0.3 is 5.11 Å². The molecule has 21 heavy (non-hydrogen) atoms. The molecule has 0 saturated heterocycles. The topological polar surface area (TPSA) is 68.0 Å². The highest BCUT2D eigenvalue weighted by Crippen LogP contribution is 2.33. The number of hydrogen-bond donors (Lipinski definition) is 1. The Hall–Kier alpha value is -1.91. The average Bonchev–Trinajstić information content (AvgIpc) is 2.91. The molecule has 0 bridgehead atoms. The van der Waals surface area contributed by atoms with E-state index in [-0.39, 0.29) is 18.7 Å². The lowest BCUT2D eigenvalue weighted by atomic mass is 10.0. The number of rotatable bonds is 5. The molecule has 0 unspecified atom stereocenters. The van der Waals surface area contributed by atoms with Gasteiger partial charge in [-0.3, -0.25) is 0 Å². The smallest absolute Gasteiger partial charge is 0.130 e. The number of aromatic nitrogens is 3. The standard InChI is InChI=1S/C14H11Cl2N3O2/c1-9(14-12(15)3-2-4-13(14)16)10(7-20)6-19-11(8-21)5-17-18-19/h2-5,21H,1,6,8H2. The van der Waals surface area contributed by atoms with Crippen LogP contribution < -0.4 is 0 Å². The largest absolute Gasteiger partial charge is 0.390 e. The fourth-order valence-electron chi connectivity index (χ4n) is 1.81. The minimum Gasteiger partial charge on any atom is -0.390 e. The molecular formula is C14H11Cl2N3O2. The maximum atomic E-state index is 11.2. The molecule has 2 aromatic rings. The van der Waals surface area contributed by atoms with Crippen LogP contribution in [0.4, 0.5) is 0 Å². The Morgan fingerprint density at radius 2 is 2.05 bits per heavy atom. The number of halogens is 2. The molecule has 1 heterocycles. The van der Waals surface area contributed by atoms with Crippen LogP contribution in [0, 0.1) is 0 Å². The minimum atomic E-state index is -0.238. The Bertz CT molecular complexity index is 713. The predicted octanol–water partition coefficient (Wildman–Crippen LogP) is 2.55. The van der Waals surface area contributed by atoms with E-state index < -0.39 is 0 Å². The number of allylic oxidation sites excluding steroid dienone is 2. The summed E-state index contributed by atoms with van der Waals surface area (Å²) < 4.78 is 1.39. The maximum absolute atomic E-state index is 11.2. The van der Waals surface area contributed by atoms with E-state index in [1.807, 2.05) is 5.94 Å². The van der Waals surface area contributed by atoms with E-state index in [0.717, 1.165) is 0 Å². The molecule has 2 rings (SSSR count). The first kappa shape index (κ1) is 15.5. The highest BCUT2D eigenvalue weighted by Gasteiger charge is 2.16. The summed E-state index contributed by atoms with van der Waals surface area (Å²) in [5.74, 6) is 1.82. The quantitative estimate of drug-likeness (QED) is 0.678. The number of carbonyl (C=O) groups excluding carboxylic acids is 1. The number of aliphatic hydroxyl groups is 1. The second kappa shape index (κ2) is 6.70. The Morgan fingerprint density at radius 3 is 2.62 bits per heavy atom. The summed E-state index contributed by atoms with van der Waals surface area (Å²) in [7, 11) is 0. The summed E-state index contributed by atoms with van der Waals surface area (Å²) in [6.45, 7) is 3.69. The molecule has 1 N–H and O–H groups in total. The van der Waals surface area contributed by atoms with E-state index >= 15 is 0 Å². The fourth-order valence-corrected chi connectivity index (χ4v) is 2.44. The van der Waals surface area contributed by atoms with Crippen molar-refractivity contribution in [2.75, 3.05) is 0 Å². The molecule has 5 nitrogen and oxygen atoms in total. The van der Waals surface area contributed by atoms with Gasteiger partial charge in [0.15, 0.2) is 0 Å². The third-order valence-corrected chi connectivity index (χ3v) is 3.55. The summed E-state index contributed by atoms with van der Waals surface area (Å²) in [6, 6.07) is 5.02. The SMILES string of the molecule is C=C(C(=C=O)Cn1nncc1CO)c1c(Cl)cccc1Cl. The van der Waals surface area contributed by atoms with Gasteiger partial charge in [0.25, 0.3) is 0 Å². The number of nitrogens with zero attached hydrogens (tertiary/aromatic N) is 3. The van der Waals surface area contributed by atoms with Crippen molar-refractivity contribution in [3.63, 3.8) is 0 Å². The second-order valence-electron chi connectivity index (χ2n) is 4.20. The molecule has 0 radical (unpaired) electrons. The predicted molar refractivity (Wildman–Crippen MR) is 80.6 cm³/mol. The fraction of sp³-hybridized carbons (Fsp3) is 0.143. The van der Waals surface area contributed by atoms with Crippen molar-refractivity contribution in [2.45, 2.75) is 13.2 Å². The van der Waals surface area contributed by atoms with E-state index in [2.05, 4.69) is 16.9 Å². The van der Waals surface area contributed by atoms with Crippen molar-refractivity contribution in [2.24, 2.45) is 0 Å². The van der Waals surface area contributed by atoms with Crippen LogP contribution in [-0.2, 0) is 17.9 Å². The van der Waals surface area contributed by atoms with Crippen LogP contribution in [0.5, 0.6) is 0 Å². The van der Waals surface area contributed by atoms with Gasteiger partial charge in [0, 0.05) is 15.6 Å². The zero-order valence-corrected chi connectivity index (χ0v) is 12.4. The van der Waals surface area contributed by atoms with Crippen molar-refractivity contribution < 1.29 is 9.90 Å². The first-order chi connectivity index (χ1) is 10.1. The van der Waals surface area contributed by atoms with Crippen LogP contribution in [0.3, 0.4) is 0 Å². The lowest BCUT2D eigenvalue weighted by Crippen LogP contribution is -2.09. The maximum Gasteiger partial charge on any atom is 0.130 e. The van der Waals surface area contributed by atoms with E-state index in [9.17, 15) is 4.79 Å². The van der Waals surface area contributed by atoms with Gasteiger partial charge in [-0.15, -0.1) is 5.10 Å². The Balaban J connectivity index is 2.35. The average molecular weight is 324 g/mol. The van der Waals surface area contributed by atoms with Crippen molar-refractivity contribution in [1.82, 2.24) is 15.0 Å². The van der Waals surface area contributed by atoms with Crippen LogP contribution in [0.1, 0.15) is 11.3 Å². The molecule has 0 amide bonds. The van der Waals surface area contributed by atoms with Crippen LogP contribution in [0.25, 0.3) is 5.57 Å². The first-order valence-corrected chi connectivity index (χ1v) is 6.70. The molecule has 0 aliphatic carbocycles. The second-order valence-corrected chi connectivity index (χ2v) is 5.01. The zero-order valence-electron chi connectivity index (χ0n) is 10.9. The Kier molecular flexibility index (Phi) is 4.94. The van der Waals surface area contributed by atoms with Gasteiger partial charge >= 0.3 is 0 Å². The summed E-state index contributed by atoms with van der Waals surface area (Å²) >= 11 is 12.2. The van der Waals surface area contributed by atoms with Gasteiger partial charge in [-0.2, -0.15) is 0 Å². The highest BCUT2D eigenvalue weighted by atomic mass is 35.5. The van der Waals surface area contributed by atoms with Gasteiger partial charge in [0.2, 0.25) is 0 Å². The van der Waals surface area contributed by atoms with Gasteiger partial charge in [-0.05, 0) is 17.7 Å². The minimum absolute atomic E-state index is 0.0692. The monoisotopic (exact) mass is 323 g/mol. The molecule has 7 heteroatoms. The van der Waals surface area contributed by atoms with Crippen LogP contribution in [-0.4, -0.2) is 26.0 Å². The lowest BCUT2D eigenvalue weighted by molar-refractivity contribution is 0.269. The van der Waals surface area contributed by atoms with E-state index in [4.69, 9.17) is 28.3 Å². The zero-order chi connectivity index (χ0) is 15.4. The lowest BCUT2D eigenvalue weighted by Gasteiger charge is -2.12. The van der Waals surface area contributed by atoms with Crippen molar-refractivity contribution >= 4 is 34.7 Å². The Morgan fingerprint density at radius 1 is 1.38 bits per heavy atom. The number of aliphatic hydroxyl groups excluding tert-OH is 1. The summed E-state index contributed by atoms with van der Waals surface area (Å²) in [5.41, 5.74) is 1.54. The van der Waals surface area contributed by atoms with Gasteiger partial charge in [-0.25, -0.2) is 9.48 Å². The third-order valence-electron chi connectivity index (χ3n) is 2.92. The van der Waals surface area contributed by atoms with Gasteiger partial charge in [0.1, 0.15) is 5.94 Å². The molecule has 0 fully saturated rings. The molecule has 0 aliphatic heterocycles. The first-order valence-electron chi connectivity index (χ1n) is 5.94. The van der Waals surface area contributed by atoms with E-state index in [1.54, 1.807) is 18.2 Å². The van der Waals surface area contributed by atoms with Crippen LogP contribution >= 0.6 is 23.2 Å². The van der Waals surface area contributed by atoms with Crippen LogP contribution in [0.2, 0.25) is 10.0 Å².